The van der Waals surface area contributed by atoms with Gasteiger partial charge in [0.2, 0.25) is 5.91 Å². The second kappa shape index (κ2) is 8.61. The second-order valence-corrected chi connectivity index (χ2v) is 9.97. The molecule has 0 saturated heterocycles. The molecule has 0 atom stereocenters. The zero-order chi connectivity index (χ0) is 20.4. The Labute approximate surface area is 181 Å². The van der Waals surface area contributed by atoms with Gasteiger partial charge in [-0.3, -0.25) is 4.79 Å². The third-order valence-electron chi connectivity index (χ3n) is 4.35. The van der Waals surface area contributed by atoms with Gasteiger partial charge in [-0.15, -0.1) is 32.9 Å². The Morgan fingerprint density at radius 2 is 1.97 bits per heavy atom. The van der Waals surface area contributed by atoms with Crippen molar-refractivity contribution in [1.29, 1.82) is 0 Å². The van der Waals surface area contributed by atoms with Crippen LogP contribution in [0.1, 0.15) is 30.3 Å². The predicted octanol–water partition coefficient (Wildman–Crippen LogP) is 5.98. The van der Waals surface area contributed by atoms with Crippen molar-refractivity contribution in [3.8, 4) is 10.6 Å². The number of carbonyl (C=O) groups excluding carboxylic acids is 1. The first-order valence-electron chi connectivity index (χ1n) is 9.21. The molecule has 0 aliphatic carbocycles. The molecule has 4 rings (SSSR count). The summed E-state index contributed by atoms with van der Waals surface area (Å²) in [5.74, 6) is 0.650. The second-order valence-electron chi connectivity index (χ2n) is 6.86. The van der Waals surface area contributed by atoms with Crippen LogP contribution < -0.4 is 5.32 Å². The lowest BCUT2D eigenvalue weighted by atomic mass is 10.0. The molecule has 1 N–H and O–H groups in total. The van der Waals surface area contributed by atoms with Gasteiger partial charge in [-0.05, 0) is 42.0 Å². The number of thiazole rings is 1. The van der Waals surface area contributed by atoms with Crippen molar-refractivity contribution in [2.75, 3.05) is 11.1 Å². The minimum Gasteiger partial charge on any atom is -0.325 e. The number of thioether (sulfide) groups is 1. The highest BCUT2D eigenvalue weighted by Gasteiger charge is 2.17. The van der Waals surface area contributed by atoms with Gasteiger partial charge in [0, 0.05) is 5.69 Å². The number of aromatic nitrogens is 3. The zero-order valence-electron chi connectivity index (χ0n) is 16.3. The predicted molar refractivity (Wildman–Crippen MR) is 123 cm³/mol. The Bertz CT molecular complexity index is 1130. The summed E-state index contributed by atoms with van der Waals surface area (Å²) in [6.07, 6.45) is 0. The number of rotatable bonds is 6. The first kappa shape index (κ1) is 20.0. The molecule has 0 radical (unpaired) electrons. The Morgan fingerprint density at radius 1 is 1.17 bits per heavy atom. The summed E-state index contributed by atoms with van der Waals surface area (Å²) in [4.78, 5) is 18.1. The molecular formula is C21H20N4OS3. The third-order valence-corrected chi connectivity index (χ3v) is 7.16. The van der Waals surface area contributed by atoms with Crippen molar-refractivity contribution in [3.05, 3.63) is 52.3 Å². The van der Waals surface area contributed by atoms with Crippen LogP contribution in [-0.4, -0.2) is 26.8 Å². The van der Waals surface area contributed by atoms with E-state index in [2.05, 4.69) is 34.3 Å². The van der Waals surface area contributed by atoms with Gasteiger partial charge in [-0.25, -0.2) is 4.98 Å². The Kier molecular flexibility index (Phi) is 5.94. The van der Waals surface area contributed by atoms with Gasteiger partial charge in [0.25, 0.3) is 0 Å². The molecule has 0 aliphatic rings. The van der Waals surface area contributed by atoms with Crippen LogP contribution in [-0.2, 0) is 4.79 Å². The smallest absolute Gasteiger partial charge is 0.234 e. The molecule has 0 aliphatic heterocycles. The minimum absolute atomic E-state index is 0.0727. The number of carbonyl (C=O) groups is 1. The molecule has 3 aromatic heterocycles. The SMILES string of the molecule is Cc1nc2c(SCC(=O)Nc3ccc(C(C)C)cc3)nnc(-c3cccs3)c2s1. The lowest BCUT2D eigenvalue weighted by Crippen LogP contribution is -2.14. The average Bonchev–Trinajstić information content (AvgIpc) is 3.36. The summed E-state index contributed by atoms with van der Waals surface area (Å²) >= 11 is 4.61. The van der Waals surface area contributed by atoms with Gasteiger partial charge in [-0.1, -0.05) is 43.8 Å². The third kappa shape index (κ3) is 4.49. The summed E-state index contributed by atoms with van der Waals surface area (Å²) in [6, 6.07) is 12.0. The molecule has 148 valence electrons. The quantitative estimate of drug-likeness (QED) is 0.374. The number of thiophene rings is 1. The highest BCUT2D eigenvalue weighted by Crippen LogP contribution is 2.36. The molecule has 0 fully saturated rings. The van der Waals surface area contributed by atoms with Gasteiger partial charge in [0.1, 0.15) is 16.2 Å². The van der Waals surface area contributed by atoms with E-state index in [0.717, 1.165) is 31.5 Å². The lowest BCUT2D eigenvalue weighted by Gasteiger charge is -2.08. The van der Waals surface area contributed by atoms with Gasteiger partial charge in [0.05, 0.1) is 20.3 Å². The van der Waals surface area contributed by atoms with E-state index in [1.54, 1.807) is 22.7 Å². The molecule has 1 amide bonds. The van der Waals surface area contributed by atoms with Crippen LogP contribution >= 0.6 is 34.4 Å². The molecule has 3 heterocycles. The van der Waals surface area contributed by atoms with Crippen molar-refractivity contribution in [2.45, 2.75) is 31.7 Å². The van der Waals surface area contributed by atoms with Crippen LogP contribution in [0, 0.1) is 6.92 Å². The normalized spacial score (nSPS) is 11.3. The van der Waals surface area contributed by atoms with Crippen LogP contribution in [0.5, 0.6) is 0 Å². The maximum atomic E-state index is 12.4. The molecule has 8 heteroatoms. The molecule has 1 aromatic carbocycles. The number of hydrogen-bond acceptors (Lipinski definition) is 7. The van der Waals surface area contributed by atoms with Crippen molar-refractivity contribution in [2.24, 2.45) is 0 Å². The number of benzene rings is 1. The van der Waals surface area contributed by atoms with E-state index in [4.69, 9.17) is 0 Å². The summed E-state index contributed by atoms with van der Waals surface area (Å²) in [5, 5.41) is 15.4. The first-order chi connectivity index (χ1) is 14.0. The maximum Gasteiger partial charge on any atom is 0.234 e. The van der Waals surface area contributed by atoms with Crippen LogP contribution in [0.3, 0.4) is 0 Å². The van der Waals surface area contributed by atoms with Crippen molar-refractivity contribution < 1.29 is 4.79 Å². The van der Waals surface area contributed by atoms with Gasteiger partial charge < -0.3 is 5.32 Å². The van der Waals surface area contributed by atoms with E-state index in [9.17, 15) is 4.79 Å². The molecule has 0 spiro atoms. The number of aryl methyl sites for hydroxylation is 1. The molecule has 0 unspecified atom stereocenters. The fourth-order valence-electron chi connectivity index (χ4n) is 2.87. The van der Waals surface area contributed by atoms with Gasteiger partial charge in [-0.2, -0.15) is 0 Å². The monoisotopic (exact) mass is 440 g/mol. The van der Waals surface area contributed by atoms with E-state index >= 15 is 0 Å². The first-order valence-corrected chi connectivity index (χ1v) is 11.9. The van der Waals surface area contributed by atoms with Crippen molar-refractivity contribution in [3.63, 3.8) is 0 Å². The maximum absolute atomic E-state index is 12.4. The Hall–Kier alpha value is -2.29. The fraction of sp³-hybridized carbons (Fsp3) is 0.238. The largest absolute Gasteiger partial charge is 0.325 e. The van der Waals surface area contributed by atoms with Crippen molar-refractivity contribution in [1.82, 2.24) is 15.2 Å². The standard InChI is InChI=1S/C21H20N4OS3/c1-12(2)14-6-8-15(9-7-14)23-17(26)11-28-21-19-20(29-13(3)22-19)18(24-25-21)16-5-4-10-27-16/h4-10,12H,11H2,1-3H3,(H,23,26). The average molecular weight is 441 g/mol. The van der Waals surface area contributed by atoms with E-state index in [0.29, 0.717) is 10.9 Å². The number of nitrogens with one attached hydrogen (secondary N) is 1. The van der Waals surface area contributed by atoms with Crippen LogP contribution in [0.2, 0.25) is 0 Å². The van der Waals surface area contributed by atoms with E-state index in [-0.39, 0.29) is 11.7 Å². The topological polar surface area (TPSA) is 67.8 Å². The van der Waals surface area contributed by atoms with E-state index < -0.39 is 0 Å². The zero-order valence-corrected chi connectivity index (χ0v) is 18.8. The van der Waals surface area contributed by atoms with Gasteiger partial charge >= 0.3 is 0 Å². The minimum atomic E-state index is -0.0727. The number of fused-ring (bicyclic) bond motifs is 1. The summed E-state index contributed by atoms with van der Waals surface area (Å²) in [6.45, 7) is 6.27. The molecule has 5 nitrogen and oxygen atoms in total. The van der Waals surface area contributed by atoms with E-state index in [1.165, 1.54) is 17.3 Å². The highest BCUT2D eigenvalue weighted by molar-refractivity contribution is 8.00. The number of anilines is 1. The molecule has 4 aromatic rings. The van der Waals surface area contributed by atoms with E-state index in [1.807, 2.05) is 48.7 Å². The van der Waals surface area contributed by atoms with Crippen LogP contribution in [0.25, 0.3) is 20.8 Å². The Morgan fingerprint density at radius 3 is 2.66 bits per heavy atom. The number of hydrogen-bond donors (Lipinski definition) is 1. The highest BCUT2D eigenvalue weighted by atomic mass is 32.2. The Balaban J connectivity index is 1.48. The number of amides is 1. The van der Waals surface area contributed by atoms with Gasteiger partial charge in [0.15, 0.2) is 0 Å². The fourth-order valence-corrected chi connectivity index (χ4v) is 5.36. The lowest BCUT2D eigenvalue weighted by molar-refractivity contribution is -0.113. The molecule has 0 saturated carbocycles. The van der Waals surface area contributed by atoms with Crippen LogP contribution in [0.4, 0.5) is 5.69 Å². The van der Waals surface area contributed by atoms with Crippen molar-refractivity contribution >= 4 is 56.2 Å². The summed E-state index contributed by atoms with van der Waals surface area (Å²) in [7, 11) is 0. The van der Waals surface area contributed by atoms with Crippen LogP contribution in [0.15, 0.2) is 46.8 Å². The number of nitrogens with zero attached hydrogens (tertiary/aromatic N) is 3. The summed E-state index contributed by atoms with van der Waals surface area (Å²) < 4.78 is 1.02. The molecular weight excluding hydrogens is 420 g/mol. The summed E-state index contributed by atoms with van der Waals surface area (Å²) in [5.41, 5.74) is 3.73. The molecule has 0 bridgehead atoms. The molecule has 29 heavy (non-hydrogen) atoms.